The summed E-state index contributed by atoms with van der Waals surface area (Å²) >= 11 is 0. The molecule has 1 aromatic heterocycles. The first-order valence-corrected chi connectivity index (χ1v) is 5.68. The molecule has 1 fully saturated rings. The van der Waals surface area contributed by atoms with Crippen LogP contribution in [0.4, 0.5) is 24.8 Å². The highest BCUT2D eigenvalue weighted by Gasteiger charge is 2.35. The molecule has 18 heavy (non-hydrogen) atoms. The molecule has 0 unspecified atom stereocenters. The number of anilines is 2. The maximum absolute atomic E-state index is 12.6. The fourth-order valence-corrected chi connectivity index (χ4v) is 2.00. The summed E-state index contributed by atoms with van der Waals surface area (Å²) in [5.41, 5.74) is 2.11. The molecule has 1 aliphatic carbocycles. The van der Waals surface area contributed by atoms with Crippen LogP contribution in [0.5, 0.6) is 0 Å². The van der Waals surface area contributed by atoms with E-state index in [0.29, 0.717) is 0 Å². The minimum Gasteiger partial charge on any atom is -0.367 e. The number of nitrogen functional groups attached to an aromatic ring is 1. The molecule has 0 amide bonds. The summed E-state index contributed by atoms with van der Waals surface area (Å²) < 4.78 is 37.7. The number of hydrazine groups is 1. The average molecular weight is 261 g/mol. The van der Waals surface area contributed by atoms with Crippen LogP contribution < -0.4 is 16.6 Å². The Bertz CT molecular complexity index is 414. The van der Waals surface area contributed by atoms with Crippen LogP contribution in [0.3, 0.4) is 0 Å². The zero-order chi connectivity index (χ0) is 13.2. The lowest BCUT2D eigenvalue weighted by atomic mass is 10.2. The molecule has 0 aromatic carbocycles. The molecule has 0 atom stereocenters. The van der Waals surface area contributed by atoms with Crippen molar-refractivity contribution in [1.29, 1.82) is 0 Å². The van der Waals surface area contributed by atoms with Gasteiger partial charge >= 0.3 is 6.18 Å². The highest BCUT2D eigenvalue weighted by atomic mass is 19.4. The van der Waals surface area contributed by atoms with Gasteiger partial charge in [0.1, 0.15) is 11.6 Å². The largest absolute Gasteiger partial charge is 0.451 e. The Balaban J connectivity index is 2.23. The molecule has 4 N–H and O–H groups in total. The van der Waals surface area contributed by atoms with Crippen LogP contribution in [0.1, 0.15) is 31.5 Å². The Morgan fingerprint density at radius 2 is 1.78 bits per heavy atom. The lowest BCUT2D eigenvalue weighted by Gasteiger charge is -2.15. The summed E-state index contributed by atoms with van der Waals surface area (Å²) in [6, 6.07) is 1.54. The standard InChI is InChI=1S/C10H14F3N5/c11-10(12,13)9-16-7(5-8(17-9)18-14)15-6-3-1-2-4-6/h5-6H,1-4,14H2,(H2,15,16,17,18). The van der Waals surface area contributed by atoms with E-state index >= 15 is 0 Å². The number of halogens is 3. The molecule has 100 valence electrons. The van der Waals surface area contributed by atoms with Crippen molar-refractivity contribution < 1.29 is 13.2 Å². The van der Waals surface area contributed by atoms with Crippen LogP contribution in [-0.2, 0) is 6.18 Å². The fourth-order valence-electron chi connectivity index (χ4n) is 2.00. The first-order valence-electron chi connectivity index (χ1n) is 5.68. The maximum Gasteiger partial charge on any atom is 0.451 e. The number of nitrogens with two attached hydrogens (primary N) is 1. The third kappa shape index (κ3) is 3.00. The summed E-state index contributed by atoms with van der Waals surface area (Å²) in [6.45, 7) is 0. The SMILES string of the molecule is NNc1cc(NC2CCCC2)nc(C(F)(F)F)n1. The smallest absolute Gasteiger partial charge is 0.367 e. The predicted octanol–water partition coefficient (Wildman–Crippen LogP) is 2.14. The number of hydrogen-bond acceptors (Lipinski definition) is 5. The molecular formula is C10H14F3N5. The molecule has 0 radical (unpaired) electrons. The van der Waals surface area contributed by atoms with Crippen LogP contribution >= 0.6 is 0 Å². The molecule has 1 aliphatic rings. The van der Waals surface area contributed by atoms with E-state index in [2.05, 4.69) is 20.7 Å². The quantitative estimate of drug-likeness (QED) is 0.574. The second-order valence-electron chi connectivity index (χ2n) is 4.23. The molecule has 0 bridgehead atoms. The Labute approximate surface area is 102 Å². The summed E-state index contributed by atoms with van der Waals surface area (Å²) in [6.07, 6.45) is -0.541. The second-order valence-corrected chi connectivity index (χ2v) is 4.23. The third-order valence-electron chi connectivity index (χ3n) is 2.83. The molecule has 1 aromatic rings. The van der Waals surface area contributed by atoms with E-state index in [-0.39, 0.29) is 17.7 Å². The van der Waals surface area contributed by atoms with Crippen LogP contribution in [0, 0.1) is 0 Å². The van der Waals surface area contributed by atoms with Gasteiger partial charge in [0.15, 0.2) is 0 Å². The number of nitrogens with one attached hydrogen (secondary N) is 2. The van der Waals surface area contributed by atoms with E-state index in [9.17, 15) is 13.2 Å². The fraction of sp³-hybridized carbons (Fsp3) is 0.600. The van der Waals surface area contributed by atoms with Crippen LogP contribution in [0.15, 0.2) is 6.07 Å². The maximum atomic E-state index is 12.6. The van der Waals surface area contributed by atoms with Crippen molar-refractivity contribution in [3.8, 4) is 0 Å². The molecule has 0 saturated heterocycles. The average Bonchev–Trinajstić information content (AvgIpc) is 2.80. The van der Waals surface area contributed by atoms with Gasteiger partial charge in [0.2, 0.25) is 5.82 Å². The Morgan fingerprint density at radius 3 is 2.33 bits per heavy atom. The van der Waals surface area contributed by atoms with Crippen molar-refractivity contribution in [1.82, 2.24) is 9.97 Å². The lowest BCUT2D eigenvalue weighted by Crippen LogP contribution is -2.20. The molecule has 1 heterocycles. The van der Waals surface area contributed by atoms with Gasteiger partial charge in [-0.25, -0.2) is 15.8 Å². The van der Waals surface area contributed by atoms with Gasteiger partial charge in [0, 0.05) is 12.1 Å². The third-order valence-corrected chi connectivity index (χ3v) is 2.83. The number of hydrogen-bond donors (Lipinski definition) is 3. The Kier molecular flexibility index (Phi) is 3.55. The summed E-state index contributed by atoms with van der Waals surface area (Å²) in [4.78, 5) is 6.76. The van der Waals surface area contributed by atoms with Crippen molar-refractivity contribution in [3.05, 3.63) is 11.9 Å². The second kappa shape index (κ2) is 4.97. The predicted molar refractivity (Wildman–Crippen MR) is 60.7 cm³/mol. The van der Waals surface area contributed by atoms with Gasteiger partial charge in [-0.1, -0.05) is 12.8 Å². The lowest BCUT2D eigenvalue weighted by molar-refractivity contribution is -0.144. The molecule has 2 rings (SSSR count). The zero-order valence-electron chi connectivity index (χ0n) is 9.59. The van der Waals surface area contributed by atoms with Gasteiger partial charge in [-0.15, -0.1) is 0 Å². The molecule has 5 nitrogen and oxygen atoms in total. The Morgan fingerprint density at radius 1 is 1.17 bits per heavy atom. The highest BCUT2D eigenvalue weighted by molar-refractivity contribution is 5.47. The van der Waals surface area contributed by atoms with E-state index in [1.165, 1.54) is 6.07 Å². The summed E-state index contributed by atoms with van der Waals surface area (Å²) in [5, 5.41) is 2.98. The van der Waals surface area contributed by atoms with E-state index in [4.69, 9.17) is 5.84 Å². The van der Waals surface area contributed by atoms with Crippen LogP contribution in [0.25, 0.3) is 0 Å². The van der Waals surface area contributed by atoms with Crippen molar-refractivity contribution in [2.24, 2.45) is 5.84 Å². The molecule has 1 saturated carbocycles. The first kappa shape index (κ1) is 12.9. The van der Waals surface area contributed by atoms with Crippen LogP contribution in [-0.4, -0.2) is 16.0 Å². The zero-order valence-corrected chi connectivity index (χ0v) is 9.59. The number of nitrogens with zero attached hydrogens (tertiary/aromatic N) is 2. The minimum atomic E-state index is -4.58. The van der Waals surface area contributed by atoms with E-state index < -0.39 is 12.0 Å². The van der Waals surface area contributed by atoms with Crippen molar-refractivity contribution in [3.63, 3.8) is 0 Å². The molecule has 8 heteroatoms. The highest BCUT2D eigenvalue weighted by Crippen LogP contribution is 2.29. The van der Waals surface area contributed by atoms with Gasteiger partial charge in [0.05, 0.1) is 0 Å². The van der Waals surface area contributed by atoms with Crippen LogP contribution in [0.2, 0.25) is 0 Å². The van der Waals surface area contributed by atoms with Crippen molar-refractivity contribution in [2.45, 2.75) is 37.9 Å². The van der Waals surface area contributed by atoms with Gasteiger partial charge in [-0.2, -0.15) is 13.2 Å². The number of aromatic nitrogens is 2. The van der Waals surface area contributed by atoms with Crippen molar-refractivity contribution >= 4 is 11.6 Å². The van der Waals surface area contributed by atoms with Gasteiger partial charge in [0.25, 0.3) is 0 Å². The number of alkyl halides is 3. The molecular weight excluding hydrogens is 247 g/mol. The van der Waals surface area contributed by atoms with Gasteiger partial charge < -0.3 is 10.7 Å². The van der Waals surface area contributed by atoms with Gasteiger partial charge in [-0.05, 0) is 12.8 Å². The van der Waals surface area contributed by atoms with Gasteiger partial charge in [-0.3, -0.25) is 0 Å². The van der Waals surface area contributed by atoms with E-state index in [1.807, 2.05) is 0 Å². The Hall–Kier alpha value is -1.57. The minimum absolute atomic E-state index is 0.0576. The van der Waals surface area contributed by atoms with E-state index in [0.717, 1.165) is 25.7 Å². The van der Waals surface area contributed by atoms with Crippen molar-refractivity contribution in [2.75, 3.05) is 10.7 Å². The normalized spacial score (nSPS) is 16.9. The van der Waals surface area contributed by atoms with E-state index in [1.54, 1.807) is 0 Å². The monoisotopic (exact) mass is 261 g/mol. The number of rotatable bonds is 3. The first-order chi connectivity index (χ1) is 8.49. The molecule has 0 spiro atoms. The summed E-state index contributed by atoms with van der Waals surface area (Å²) in [7, 11) is 0. The summed E-state index contributed by atoms with van der Waals surface area (Å²) in [5.74, 6) is 4.00. The molecule has 0 aliphatic heterocycles. The topological polar surface area (TPSA) is 75.9 Å².